The van der Waals surface area contributed by atoms with Crippen molar-refractivity contribution >= 4 is 56.0 Å². The van der Waals surface area contributed by atoms with E-state index < -0.39 is 55.4 Å². The Morgan fingerprint density at radius 1 is 0.537 bits per heavy atom. The average Bonchev–Trinajstić information content (AvgIpc) is 3.51. The lowest BCUT2D eigenvalue weighted by molar-refractivity contribution is -0.154. The smallest absolute Gasteiger partial charge is 0.465 e. The van der Waals surface area contributed by atoms with Gasteiger partial charge in [-0.15, -0.1) is 0 Å². The Bertz CT molecular complexity index is 1580. The maximum absolute atomic E-state index is 11.6. The molecule has 400 valence electrons. The highest BCUT2D eigenvalue weighted by atomic mass is 28.4. The first-order valence-electron chi connectivity index (χ1n) is 27.1. The molecule has 0 atom stereocenters. The minimum absolute atomic E-state index is 0.0454. The number of methoxy groups -OCH3 is 2. The summed E-state index contributed by atoms with van der Waals surface area (Å²) in [6, 6.07) is 8.74. The first-order chi connectivity index (χ1) is 39.1. The molecular formula is C37H82O25Si5. The first-order valence-corrected chi connectivity index (χ1v) is 30.6. The molecule has 1 aromatic carbocycles. The summed E-state index contributed by atoms with van der Waals surface area (Å²) in [6.07, 6.45) is 2.73. The molecule has 0 saturated heterocycles. The van der Waals surface area contributed by atoms with Crippen LogP contribution in [-0.4, -0.2) is 223 Å². The molecule has 15 N–H and O–H groups in total. The van der Waals surface area contributed by atoms with Crippen molar-refractivity contribution in [1.29, 1.82) is 21.5 Å². The van der Waals surface area contributed by atoms with Crippen LogP contribution in [0, 0.1) is 12.3 Å². The van der Waals surface area contributed by atoms with Gasteiger partial charge in [0.15, 0.2) is 21.5 Å². The minimum Gasteiger partial charge on any atom is -0.465 e. The molecule has 0 spiro atoms. The zero-order chi connectivity index (χ0) is 63.3. The Hall–Kier alpha value is -1.60. The second-order valence-electron chi connectivity index (χ2n) is 14.8. The lowest BCUT2D eigenvalue weighted by Gasteiger charge is -2.20. The molecule has 1 rings (SSSR count). The van der Waals surface area contributed by atoms with Crippen molar-refractivity contribution in [2.75, 3.05) is 74.1 Å². The van der Waals surface area contributed by atoms with Crippen molar-refractivity contribution in [1.82, 2.24) is 0 Å². The zero-order valence-electron chi connectivity index (χ0n) is 54.4. The van der Waals surface area contributed by atoms with Crippen LogP contribution in [0.25, 0.3) is 0 Å². The summed E-state index contributed by atoms with van der Waals surface area (Å²) in [5.41, 5.74) is 1.75. The third kappa shape index (κ3) is 64.4. The van der Waals surface area contributed by atoms with E-state index in [1.54, 1.807) is 13.8 Å². The van der Waals surface area contributed by atoms with E-state index in [1.807, 2.05) is 45.0 Å². The zero-order valence-corrected chi connectivity index (χ0v) is 44.4. The molecule has 25 nitrogen and oxygen atoms in total. The number of ether oxygens (including phenoxy) is 8. The molecular weight excluding hydrogens is 985 g/mol. The van der Waals surface area contributed by atoms with Gasteiger partial charge in [0.2, 0.25) is 0 Å². The van der Waals surface area contributed by atoms with Gasteiger partial charge in [0, 0.05) is 70.9 Å². The van der Waals surface area contributed by atoms with Crippen LogP contribution >= 0.6 is 0 Å². The summed E-state index contributed by atoms with van der Waals surface area (Å²) in [4.78, 5) is 84.7. The quantitative estimate of drug-likeness (QED) is 0.0142. The second kappa shape index (κ2) is 41.1. The van der Waals surface area contributed by atoms with Crippen LogP contribution in [0.5, 0.6) is 0 Å². The molecule has 0 heterocycles. The number of hydrogen-bond acceptors (Lipinski definition) is 25. The highest BCUT2D eigenvalue weighted by molar-refractivity contribution is 6.57. The van der Waals surface area contributed by atoms with Crippen LogP contribution in [0.1, 0.15) is 77.3 Å². The molecule has 0 aromatic heterocycles. The highest BCUT2D eigenvalue weighted by Crippen LogP contribution is 2.21. The standard InChI is InChI=1S/C11H18O4Si.C9H20O5Si.C6H14O6Si.C6H16O5Si.C5H14O5Si/c1-10-3-5-11(6-4-10)9-15-7-2-8-16(12,13)14;1-4-9(2,3)8(10)14-6-5-7-15(11,12)13;1-11-5-6(7)12-3-2-4-13(8,9)10;1-2-10-6-11-4-3-5-12(7,8)9;1-9-5-10-3-2-4-11(6,7)8/h3-6,12-14H,2,7-9H2,1H3;11-13H,4-7H2,1-3H3;8-10H,2-5H2,1H3;7-9H,2-6H2,1H3;6-8H,2-5H2,1H3/i12T,13T,14T;11T,12T,13T;8T,9T,10T;7T,8T,9T;6T,7T,8T. The van der Waals surface area contributed by atoms with Crippen LogP contribution < -0.4 is 0 Å². The molecule has 0 unspecified atom stereocenters. The maximum Gasteiger partial charge on any atom is 0.492 e. The van der Waals surface area contributed by atoms with Gasteiger partial charge < -0.3 is 110 Å². The summed E-state index contributed by atoms with van der Waals surface area (Å²) >= 11 is 0. The van der Waals surface area contributed by atoms with Crippen molar-refractivity contribution < 1.29 is 119 Å². The van der Waals surface area contributed by atoms with Gasteiger partial charge in [0.1, 0.15) is 20.2 Å². The Morgan fingerprint density at radius 3 is 1.30 bits per heavy atom. The Balaban J connectivity index is -0.000000466. The fourth-order valence-electron chi connectivity index (χ4n) is 3.82. The Kier molecular flexibility index (Phi) is 28.5. The van der Waals surface area contributed by atoms with Gasteiger partial charge in [0.05, 0.1) is 25.2 Å². The van der Waals surface area contributed by atoms with Gasteiger partial charge >= 0.3 is 56.0 Å². The van der Waals surface area contributed by atoms with E-state index in [4.69, 9.17) is 49.9 Å². The number of rotatable bonds is 46. The van der Waals surface area contributed by atoms with Crippen LogP contribution in [0.3, 0.4) is 0 Å². The molecule has 1 aromatic rings. The molecule has 0 amide bonds. The van der Waals surface area contributed by atoms with Gasteiger partial charge in [-0.2, -0.15) is 0 Å². The van der Waals surface area contributed by atoms with Gasteiger partial charge in [-0.3, -0.25) is 4.79 Å². The van der Waals surface area contributed by atoms with E-state index in [2.05, 4.69) is 81.4 Å². The third-order valence-electron chi connectivity index (χ3n) is 7.73. The Morgan fingerprint density at radius 2 is 0.925 bits per heavy atom. The van der Waals surface area contributed by atoms with Gasteiger partial charge in [-0.25, -0.2) is 4.79 Å². The van der Waals surface area contributed by atoms with Crippen LogP contribution in [-0.2, 0) is 54.1 Å². The molecule has 0 saturated carbocycles. The van der Waals surface area contributed by atoms with Gasteiger partial charge in [-0.05, 0) is 71.8 Å². The van der Waals surface area contributed by atoms with Crippen molar-refractivity contribution in [2.45, 2.75) is 110 Å². The monoisotopic (exact) mass is 1100 g/mol. The first kappa shape index (κ1) is 46.5. The molecule has 0 aliphatic carbocycles. The number of carbonyl (C=O) groups excluding carboxylic acids is 2. The number of hydrogen-bond donors (Lipinski definition) is 15. The van der Waals surface area contributed by atoms with E-state index >= 15 is 0 Å². The van der Waals surface area contributed by atoms with Crippen LogP contribution in [0.2, 0.25) is 30.2 Å². The van der Waals surface area contributed by atoms with Crippen LogP contribution in [0.4, 0.5) is 0 Å². The number of aryl methyl sites for hydroxylation is 1. The van der Waals surface area contributed by atoms with Crippen molar-refractivity contribution in [2.24, 2.45) is 5.41 Å². The van der Waals surface area contributed by atoms with E-state index in [9.17, 15) is 9.59 Å². The largest absolute Gasteiger partial charge is 0.492 e. The number of benzene rings is 1. The molecule has 0 fully saturated rings. The lowest BCUT2D eigenvalue weighted by atomic mass is 9.91. The molecule has 67 heavy (non-hydrogen) atoms. The lowest BCUT2D eigenvalue weighted by Crippen LogP contribution is -2.34. The predicted octanol–water partition coefficient (Wildman–Crippen LogP) is -2.21. The Labute approximate surface area is 421 Å². The molecule has 0 aliphatic heterocycles. The third-order valence-corrected chi connectivity index (χ3v) is 12.6. The molecule has 0 bridgehead atoms. The average molecular weight is 1100 g/mol. The predicted molar refractivity (Wildman–Crippen MR) is 248 cm³/mol. The molecule has 30 heteroatoms. The topological polar surface area (TPSA) is 411 Å². The van der Waals surface area contributed by atoms with Crippen molar-refractivity contribution in [3.8, 4) is 0 Å². The highest BCUT2D eigenvalue weighted by Gasteiger charge is 2.30. The summed E-state index contributed by atoms with van der Waals surface area (Å²) in [5, 5.41) is 0. The number of carbonyl (C=O) groups is 2. The van der Waals surface area contributed by atoms with E-state index in [1.165, 1.54) is 19.8 Å². The maximum atomic E-state index is 11.6. The number of esters is 2. The van der Waals surface area contributed by atoms with Gasteiger partial charge in [-0.1, -0.05) is 36.8 Å². The van der Waals surface area contributed by atoms with Gasteiger partial charge in [0.25, 0.3) is 0 Å². The van der Waals surface area contributed by atoms with Crippen LogP contribution in [0.15, 0.2) is 24.3 Å². The fourth-order valence-corrected chi connectivity index (χ4v) is 6.70. The van der Waals surface area contributed by atoms with E-state index in [0.29, 0.717) is 65.1 Å². The second-order valence-corrected chi connectivity index (χ2v) is 24.2. The normalized spacial score (nSPS) is 14.9. The fraction of sp³-hybridized carbons (Fsp3) is 0.784. The summed E-state index contributed by atoms with van der Waals surface area (Å²) < 4.78 is 140. The molecule has 0 radical (unpaired) electrons. The minimum atomic E-state index is -3.53. The van der Waals surface area contributed by atoms with E-state index in [-0.39, 0.29) is 76.0 Å². The van der Waals surface area contributed by atoms with E-state index in [0.717, 1.165) is 5.56 Å². The summed E-state index contributed by atoms with van der Waals surface area (Å²) in [5.74, 6) is -0.817. The summed E-state index contributed by atoms with van der Waals surface area (Å²) in [6.45, 7) is 12.1. The van der Waals surface area contributed by atoms with Crippen molar-refractivity contribution in [3.63, 3.8) is 0 Å². The molecule has 0 aliphatic rings. The van der Waals surface area contributed by atoms with Crippen molar-refractivity contribution in [3.05, 3.63) is 35.4 Å². The summed E-state index contributed by atoms with van der Waals surface area (Å²) in [7, 11) is -14.4. The SMILES string of the molecule is [3H]O[Si](CCCOC(=O)C(C)(C)CC)(O[3H])O[3H].[3H]O[Si](CCCOC(=O)COC)(O[3H])O[3H].[3H]O[Si](CCCOCOC)(O[3H])O[3H].[3H]O[Si](CCCOCOCC)(O[3H])O[3H].[3H]O[Si](CCCOCc1ccc(C)cc1)(O[3H])O[3H].